The molecule has 2 aromatic rings. The van der Waals surface area contributed by atoms with E-state index in [0.29, 0.717) is 22.4 Å². The number of furan rings is 1. The second kappa shape index (κ2) is 3.66. The Morgan fingerprint density at radius 1 is 1.53 bits per heavy atom. The normalized spacial score (nSPS) is 14.2. The Balaban J connectivity index is 1.97. The van der Waals surface area contributed by atoms with Crippen LogP contribution >= 0.6 is 11.8 Å². The van der Waals surface area contributed by atoms with Gasteiger partial charge in [-0.25, -0.2) is 0 Å². The van der Waals surface area contributed by atoms with E-state index in [1.165, 1.54) is 28.7 Å². The largest absolute Gasteiger partial charge is 0.433 e. The Morgan fingerprint density at radius 3 is 3.18 bits per heavy atom. The van der Waals surface area contributed by atoms with Gasteiger partial charge in [0.1, 0.15) is 10.6 Å². The maximum Gasteiger partial charge on any atom is 0.433 e. The molecule has 0 N–H and O–H groups in total. The van der Waals surface area contributed by atoms with Crippen LogP contribution in [0.2, 0.25) is 0 Å². The van der Waals surface area contributed by atoms with Crippen molar-refractivity contribution in [2.24, 2.45) is 5.10 Å². The van der Waals surface area contributed by atoms with Gasteiger partial charge in [0.2, 0.25) is 5.16 Å². The number of hydrogen-bond acceptors (Lipinski definition) is 8. The van der Waals surface area contributed by atoms with Crippen LogP contribution in [0, 0.1) is 10.1 Å². The third kappa shape index (κ3) is 1.67. The van der Waals surface area contributed by atoms with E-state index in [1.54, 1.807) is 0 Å². The molecule has 0 spiro atoms. The summed E-state index contributed by atoms with van der Waals surface area (Å²) in [5.41, 5.74) is 0.558. The molecule has 0 amide bonds. The van der Waals surface area contributed by atoms with E-state index in [1.807, 2.05) is 0 Å². The topological polar surface area (TPSA) is 112 Å². The second-order valence-corrected chi connectivity index (χ2v) is 4.02. The van der Waals surface area contributed by atoms with Gasteiger partial charge < -0.3 is 4.42 Å². The fraction of sp³-hybridized carbons (Fsp3) is 0.143. The number of nitro groups is 1. The smallest absolute Gasteiger partial charge is 0.399 e. The third-order valence-corrected chi connectivity index (χ3v) is 2.96. The summed E-state index contributed by atoms with van der Waals surface area (Å²) in [6, 6.07) is 2.80. The summed E-state index contributed by atoms with van der Waals surface area (Å²) in [6.45, 7) is 0. The van der Waals surface area contributed by atoms with Gasteiger partial charge >= 0.3 is 5.88 Å². The standard InChI is InChI=1S/C7H4N6O3S/c14-13(15)6-2-1-5(16-6)4-3-17-7-8-10-11-12(7)9-4/h1-2H,3H2. The van der Waals surface area contributed by atoms with Crippen LogP contribution in [-0.4, -0.2) is 36.7 Å². The molecule has 2 aromatic heterocycles. The highest BCUT2D eigenvalue weighted by Gasteiger charge is 2.21. The highest BCUT2D eigenvalue weighted by atomic mass is 32.2. The first-order valence-corrected chi connectivity index (χ1v) is 5.46. The highest BCUT2D eigenvalue weighted by molar-refractivity contribution is 7.99. The number of fused-ring (bicyclic) bond motifs is 1. The van der Waals surface area contributed by atoms with Crippen molar-refractivity contribution in [1.82, 2.24) is 20.3 Å². The third-order valence-electron chi connectivity index (χ3n) is 2.04. The Bertz CT molecular complexity index is 617. The zero-order chi connectivity index (χ0) is 11.8. The average molecular weight is 252 g/mol. The number of rotatable bonds is 2. The molecule has 0 fully saturated rings. The lowest BCUT2D eigenvalue weighted by Gasteiger charge is -2.07. The predicted molar refractivity (Wildman–Crippen MR) is 55.8 cm³/mol. The molecule has 10 heteroatoms. The van der Waals surface area contributed by atoms with E-state index in [9.17, 15) is 10.1 Å². The van der Waals surface area contributed by atoms with Crippen molar-refractivity contribution >= 4 is 23.4 Å². The quantitative estimate of drug-likeness (QED) is 0.565. The summed E-state index contributed by atoms with van der Waals surface area (Å²) in [4.78, 5) is 11.2. The van der Waals surface area contributed by atoms with Gasteiger partial charge in [0.25, 0.3) is 0 Å². The summed E-state index contributed by atoms with van der Waals surface area (Å²) in [7, 11) is 0. The van der Waals surface area contributed by atoms with Crippen molar-refractivity contribution in [3.63, 3.8) is 0 Å². The van der Waals surface area contributed by atoms with Gasteiger partial charge in [-0.2, -0.15) is 0 Å². The Hall–Kier alpha value is -2.23. The Kier molecular flexibility index (Phi) is 2.14. The van der Waals surface area contributed by atoms with Crippen molar-refractivity contribution < 1.29 is 9.34 Å². The lowest BCUT2D eigenvalue weighted by Crippen LogP contribution is -2.13. The van der Waals surface area contributed by atoms with Gasteiger partial charge in [-0.05, 0) is 16.5 Å². The van der Waals surface area contributed by atoms with Crippen molar-refractivity contribution in [3.8, 4) is 0 Å². The summed E-state index contributed by atoms with van der Waals surface area (Å²) < 4.78 is 5.05. The summed E-state index contributed by atoms with van der Waals surface area (Å²) in [5.74, 6) is 0.547. The lowest BCUT2D eigenvalue weighted by atomic mass is 10.3. The van der Waals surface area contributed by atoms with Crippen molar-refractivity contribution in [1.29, 1.82) is 0 Å². The van der Waals surface area contributed by atoms with E-state index in [0.717, 1.165) is 0 Å². The van der Waals surface area contributed by atoms with E-state index in [-0.39, 0.29) is 5.88 Å². The SMILES string of the molecule is O=[N+]([O-])c1ccc(C2=Nn3nnnc3SC2)o1. The predicted octanol–water partition coefficient (Wildman–Crippen LogP) is 0.532. The molecule has 0 radical (unpaired) electrons. The van der Waals surface area contributed by atoms with Gasteiger partial charge in [-0.15, -0.1) is 9.89 Å². The monoisotopic (exact) mass is 252 g/mol. The number of aromatic nitrogens is 4. The molecule has 0 saturated heterocycles. The molecule has 17 heavy (non-hydrogen) atoms. The number of thioether (sulfide) groups is 1. The van der Waals surface area contributed by atoms with Crippen LogP contribution < -0.4 is 0 Å². The minimum absolute atomic E-state index is 0.310. The molecule has 0 unspecified atom stereocenters. The van der Waals surface area contributed by atoms with Gasteiger partial charge in [0.05, 0.1) is 6.07 Å². The Morgan fingerprint density at radius 2 is 2.41 bits per heavy atom. The van der Waals surface area contributed by atoms with Crippen molar-refractivity contribution in [3.05, 3.63) is 28.0 Å². The van der Waals surface area contributed by atoms with E-state index < -0.39 is 4.92 Å². The molecular weight excluding hydrogens is 248 g/mol. The zero-order valence-electron chi connectivity index (χ0n) is 8.18. The molecule has 0 saturated carbocycles. The molecule has 86 valence electrons. The van der Waals surface area contributed by atoms with Crippen LogP contribution in [0.1, 0.15) is 5.76 Å². The first-order valence-electron chi connectivity index (χ1n) is 4.47. The minimum Gasteiger partial charge on any atom is -0.399 e. The molecule has 9 nitrogen and oxygen atoms in total. The number of tetrazole rings is 1. The maximum absolute atomic E-state index is 10.5. The van der Waals surface area contributed by atoms with Crippen LogP contribution in [0.15, 0.2) is 26.8 Å². The van der Waals surface area contributed by atoms with E-state index in [2.05, 4.69) is 20.6 Å². The van der Waals surface area contributed by atoms with Crippen LogP contribution in [0.5, 0.6) is 0 Å². The van der Waals surface area contributed by atoms with Gasteiger partial charge in [-0.3, -0.25) is 10.1 Å². The van der Waals surface area contributed by atoms with Crippen LogP contribution in [0.4, 0.5) is 5.88 Å². The summed E-state index contributed by atoms with van der Waals surface area (Å²) in [5, 5.41) is 26.0. The fourth-order valence-electron chi connectivity index (χ4n) is 1.30. The van der Waals surface area contributed by atoms with Crippen LogP contribution in [-0.2, 0) is 0 Å². The molecule has 3 heterocycles. The van der Waals surface area contributed by atoms with E-state index >= 15 is 0 Å². The minimum atomic E-state index is -0.595. The summed E-state index contributed by atoms with van der Waals surface area (Å²) >= 11 is 1.38. The fourth-order valence-corrected chi connectivity index (χ4v) is 2.05. The van der Waals surface area contributed by atoms with Crippen molar-refractivity contribution in [2.75, 3.05) is 5.75 Å². The maximum atomic E-state index is 10.5. The van der Waals surface area contributed by atoms with Gasteiger partial charge in [0, 0.05) is 5.75 Å². The van der Waals surface area contributed by atoms with Crippen LogP contribution in [0.25, 0.3) is 0 Å². The van der Waals surface area contributed by atoms with Gasteiger partial charge in [0.15, 0.2) is 5.76 Å². The molecule has 0 aliphatic carbocycles. The van der Waals surface area contributed by atoms with Crippen molar-refractivity contribution in [2.45, 2.75) is 5.16 Å². The Labute approximate surface area is 97.6 Å². The zero-order valence-corrected chi connectivity index (χ0v) is 8.99. The molecule has 1 aliphatic rings. The lowest BCUT2D eigenvalue weighted by molar-refractivity contribution is -0.402. The average Bonchev–Trinajstić information content (AvgIpc) is 2.97. The number of hydrogen-bond donors (Lipinski definition) is 0. The number of nitrogens with zero attached hydrogens (tertiary/aromatic N) is 6. The highest BCUT2D eigenvalue weighted by Crippen LogP contribution is 2.23. The molecular formula is C7H4N6O3S. The molecule has 0 atom stereocenters. The second-order valence-electron chi connectivity index (χ2n) is 3.08. The van der Waals surface area contributed by atoms with Crippen LogP contribution in [0.3, 0.4) is 0 Å². The molecule has 0 aromatic carbocycles. The first-order chi connectivity index (χ1) is 8.24. The molecule has 0 bridgehead atoms. The molecule has 3 rings (SSSR count). The first kappa shape index (κ1) is 9.96. The molecule has 1 aliphatic heterocycles. The van der Waals surface area contributed by atoms with E-state index in [4.69, 9.17) is 4.42 Å². The summed E-state index contributed by atoms with van der Waals surface area (Å²) in [6.07, 6.45) is 0. The van der Waals surface area contributed by atoms with Gasteiger partial charge in [-0.1, -0.05) is 16.9 Å².